The topological polar surface area (TPSA) is 77.2 Å². The maximum absolute atomic E-state index is 11.2. The number of nitrogens with zero attached hydrogens (tertiary/aromatic N) is 2. The predicted molar refractivity (Wildman–Crippen MR) is 100 cm³/mol. The Hall–Kier alpha value is -2.67. The van der Waals surface area contributed by atoms with Crippen LogP contribution in [0.4, 0.5) is 10.5 Å². The number of hydrogen-bond acceptors (Lipinski definition) is 5. The number of aryl methyl sites for hydroxylation is 1. The second-order valence-corrected chi connectivity index (χ2v) is 6.96. The molecule has 1 atom stereocenters. The minimum atomic E-state index is -0.501. The van der Waals surface area contributed by atoms with Crippen LogP contribution in [0.3, 0.4) is 0 Å². The lowest BCUT2D eigenvalue weighted by atomic mass is 10.1. The van der Waals surface area contributed by atoms with Gasteiger partial charge >= 0.3 is 6.09 Å². The van der Waals surface area contributed by atoms with Gasteiger partial charge in [-0.1, -0.05) is 0 Å². The molecule has 1 aliphatic rings. The number of hydrogen-bond donors (Lipinski definition) is 1. The molecular weight excluding hydrogens is 398 g/mol. The molecule has 0 fully saturated rings. The lowest BCUT2D eigenvalue weighted by Gasteiger charge is -2.06. The van der Waals surface area contributed by atoms with Crippen LogP contribution in [0, 0.1) is 0 Å². The summed E-state index contributed by atoms with van der Waals surface area (Å²) in [6, 6.07) is 9.43. The van der Waals surface area contributed by atoms with Gasteiger partial charge in [0.25, 0.3) is 0 Å². The molecule has 0 aliphatic heterocycles. The standard InChI is InChI=1S/C19H16BrN3O3/c1-25-19(24)23-14-5-2-11(3-6-14)16-10-22-18(26-16)15-7-4-12-8-13(20)9-21-17(12)15/h2-3,5-6,8-10,15H,4,7H2,1H3,(H,23,24). The van der Waals surface area contributed by atoms with Gasteiger partial charge in [0.2, 0.25) is 5.89 Å². The van der Waals surface area contributed by atoms with Crippen LogP contribution in [0.1, 0.15) is 29.5 Å². The smallest absolute Gasteiger partial charge is 0.411 e. The van der Waals surface area contributed by atoms with Gasteiger partial charge in [0, 0.05) is 21.9 Å². The van der Waals surface area contributed by atoms with Crippen molar-refractivity contribution in [1.82, 2.24) is 9.97 Å². The van der Waals surface area contributed by atoms with Crippen molar-refractivity contribution in [2.45, 2.75) is 18.8 Å². The zero-order chi connectivity index (χ0) is 18.1. The maximum atomic E-state index is 11.2. The van der Waals surface area contributed by atoms with Crippen LogP contribution in [-0.2, 0) is 11.2 Å². The first-order valence-electron chi connectivity index (χ1n) is 8.19. The number of pyridine rings is 1. The highest BCUT2D eigenvalue weighted by Crippen LogP contribution is 2.38. The molecule has 0 radical (unpaired) electrons. The molecule has 7 heteroatoms. The van der Waals surface area contributed by atoms with Crippen molar-refractivity contribution in [3.63, 3.8) is 0 Å². The monoisotopic (exact) mass is 413 g/mol. The lowest BCUT2D eigenvalue weighted by Crippen LogP contribution is -2.10. The largest absolute Gasteiger partial charge is 0.453 e. The minimum Gasteiger partial charge on any atom is -0.453 e. The Bertz CT molecular complexity index is 953. The molecule has 6 nitrogen and oxygen atoms in total. The molecule has 4 rings (SSSR count). The molecule has 2 heterocycles. The summed E-state index contributed by atoms with van der Waals surface area (Å²) in [5.74, 6) is 1.47. The lowest BCUT2D eigenvalue weighted by molar-refractivity contribution is 0.187. The predicted octanol–water partition coefficient (Wildman–Crippen LogP) is 4.76. The molecule has 1 unspecified atom stereocenters. The summed E-state index contributed by atoms with van der Waals surface area (Å²) in [6.45, 7) is 0. The molecule has 0 spiro atoms. The summed E-state index contributed by atoms with van der Waals surface area (Å²) >= 11 is 3.47. The third kappa shape index (κ3) is 3.22. The van der Waals surface area contributed by atoms with Gasteiger partial charge in [-0.05, 0) is 64.7 Å². The van der Waals surface area contributed by atoms with E-state index in [1.165, 1.54) is 12.7 Å². The Balaban J connectivity index is 1.55. The molecule has 26 heavy (non-hydrogen) atoms. The van der Waals surface area contributed by atoms with Gasteiger partial charge in [-0.25, -0.2) is 9.78 Å². The van der Waals surface area contributed by atoms with Crippen molar-refractivity contribution in [3.8, 4) is 11.3 Å². The third-order valence-corrected chi connectivity index (χ3v) is 4.86. The highest BCUT2D eigenvalue weighted by Gasteiger charge is 2.29. The number of ether oxygens (including phenoxy) is 1. The molecule has 132 valence electrons. The number of carbonyl (C=O) groups is 1. The number of halogens is 1. The average Bonchev–Trinajstić information content (AvgIpc) is 3.28. The van der Waals surface area contributed by atoms with Gasteiger partial charge in [-0.15, -0.1) is 0 Å². The van der Waals surface area contributed by atoms with E-state index in [9.17, 15) is 4.79 Å². The fourth-order valence-corrected chi connectivity index (χ4v) is 3.53. The Kier molecular flexibility index (Phi) is 4.46. The summed E-state index contributed by atoms with van der Waals surface area (Å²) < 4.78 is 11.6. The van der Waals surface area contributed by atoms with Crippen LogP contribution in [-0.4, -0.2) is 23.2 Å². The Morgan fingerprint density at radius 3 is 2.85 bits per heavy atom. The number of methoxy groups -OCH3 is 1. The van der Waals surface area contributed by atoms with E-state index in [1.54, 1.807) is 18.3 Å². The SMILES string of the molecule is COC(=O)Nc1ccc(-c2cnc(C3CCc4cc(Br)cnc43)o2)cc1. The van der Waals surface area contributed by atoms with Gasteiger partial charge < -0.3 is 9.15 Å². The number of aromatic nitrogens is 2. The number of oxazole rings is 1. The number of anilines is 1. The molecule has 0 saturated heterocycles. The third-order valence-electron chi connectivity index (χ3n) is 4.42. The number of fused-ring (bicyclic) bond motifs is 1. The van der Waals surface area contributed by atoms with E-state index in [-0.39, 0.29) is 5.92 Å². The summed E-state index contributed by atoms with van der Waals surface area (Å²) in [5.41, 5.74) is 3.82. The molecule has 0 bridgehead atoms. The highest BCUT2D eigenvalue weighted by molar-refractivity contribution is 9.10. The van der Waals surface area contributed by atoms with Crippen molar-refractivity contribution < 1.29 is 13.9 Å². The molecule has 2 aromatic heterocycles. The second kappa shape index (κ2) is 6.92. The van der Waals surface area contributed by atoms with E-state index in [0.29, 0.717) is 17.3 Å². The number of benzene rings is 1. The van der Waals surface area contributed by atoms with Gasteiger partial charge in [0.05, 0.1) is 24.9 Å². The Morgan fingerprint density at radius 2 is 2.08 bits per heavy atom. The summed E-state index contributed by atoms with van der Waals surface area (Å²) in [4.78, 5) is 20.3. The molecule has 1 aromatic carbocycles. The van der Waals surface area contributed by atoms with Crippen molar-refractivity contribution in [3.05, 3.63) is 64.3 Å². The van der Waals surface area contributed by atoms with Crippen molar-refractivity contribution in [2.75, 3.05) is 12.4 Å². The fraction of sp³-hybridized carbons (Fsp3) is 0.211. The van der Waals surface area contributed by atoms with E-state index in [4.69, 9.17) is 4.42 Å². The van der Waals surface area contributed by atoms with E-state index >= 15 is 0 Å². The molecular formula is C19H16BrN3O3. The maximum Gasteiger partial charge on any atom is 0.411 e. The van der Waals surface area contributed by atoms with E-state index in [1.807, 2.05) is 18.3 Å². The van der Waals surface area contributed by atoms with Crippen molar-refractivity contribution >= 4 is 27.7 Å². The van der Waals surface area contributed by atoms with E-state index in [2.05, 4.69) is 42.0 Å². The zero-order valence-electron chi connectivity index (χ0n) is 14.0. The van der Waals surface area contributed by atoms with Crippen LogP contribution < -0.4 is 5.32 Å². The molecule has 0 saturated carbocycles. The van der Waals surface area contributed by atoms with Gasteiger partial charge in [-0.2, -0.15) is 0 Å². The van der Waals surface area contributed by atoms with Crippen LogP contribution in [0.2, 0.25) is 0 Å². The van der Waals surface area contributed by atoms with Crippen LogP contribution >= 0.6 is 15.9 Å². The molecule has 1 N–H and O–H groups in total. The summed E-state index contributed by atoms with van der Waals surface area (Å²) in [6.07, 6.45) is 4.96. The van der Waals surface area contributed by atoms with Gasteiger partial charge in [0.1, 0.15) is 0 Å². The quantitative estimate of drug-likeness (QED) is 0.669. The van der Waals surface area contributed by atoms with Crippen molar-refractivity contribution in [2.24, 2.45) is 0 Å². The summed E-state index contributed by atoms with van der Waals surface area (Å²) in [7, 11) is 1.33. The normalized spacial score (nSPS) is 15.5. The first-order valence-corrected chi connectivity index (χ1v) is 8.99. The Labute approximate surface area is 158 Å². The first kappa shape index (κ1) is 16.8. The minimum absolute atomic E-state index is 0.0899. The van der Waals surface area contributed by atoms with Crippen LogP contribution in [0.5, 0.6) is 0 Å². The molecule has 1 amide bonds. The number of nitrogens with one attached hydrogen (secondary N) is 1. The van der Waals surface area contributed by atoms with E-state index < -0.39 is 6.09 Å². The van der Waals surface area contributed by atoms with Crippen LogP contribution in [0.25, 0.3) is 11.3 Å². The number of rotatable bonds is 3. The van der Waals surface area contributed by atoms with Gasteiger partial charge in [-0.3, -0.25) is 10.3 Å². The molecule has 1 aliphatic carbocycles. The van der Waals surface area contributed by atoms with Crippen molar-refractivity contribution in [1.29, 1.82) is 0 Å². The zero-order valence-corrected chi connectivity index (χ0v) is 15.6. The Morgan fingerprint density at radius 1 is 1.27 bits per heavy atom. The van der Waals surface area contributed by atoms with Crippen LogP contribution in [0.15, 0.2) is 51.6 Å². The first-order chi connectivity index (χ1) is 12.6. The van der Waals surface area contributed by atoms with Gasteiger partial charge in [0.15, 0.2) is 5.76 Å². The van der Waals surface area contributed by atoms with E-state index in [0.717, 1.165) is 28.6 Å². The number of carbonyl (C=O) groups excluding carboxylic acids is 1. The number of amides is 1. The average molecular weight is 414 g/mol. The molecule has 3 aromatic rings. The second-order valence-electron chi connectivity index (χ2n) is 6.05. The summed E-state index contributed by atoms with van der Waals surface area (Å²) in [5, 5.41) is 2.62. The highest BCUT2D eigenvalue weighted by atomic mass is 79.9. The fourth-order valence-electron chi connectivity index (χ4n) is 3.15.